The van der Waals surface area contributed by atoms with Crippen molar-refractivity contribution in [2.24, 2.45) is 0 Å². The average molecular weight is 221 g/mol. The van der Waals surface area contributed by atoms with Crippen molar-refractivity contribution in [3.05, 3.63) is 0 Å². The van der Waals surface area contributed by atoms with Crippen molar-refractivity contribution >= 4 is 13.8 Å². The summed E-state index contributed by atoms with van der Waals surface area (Å²) in [6.07, 6.45) is 6.48. The summed E-state index contributed by atoms with van der Waals surface area (Å²) >= 11 is 0. The van der Waals surface area contributed by atoms with Gasteiger partial charge in [-0.15, -0.1) is 0 Å². The monoisotopic (exact) mass is 221 g/mol. The second kappa shape index (κ2) is 3.97. The Bertz CT molecular complexity index is 290. The zero-order valence-electron chi connectivity index (χ0n) is 11.1. The Morgan fingerprint density at radius 1 is 1.25 bits per heavy atom. The molecule has 2 rings (SSSR count). The van der Waals surface area contributed by atoms with E-state index < -0.39 is 0 Å². The van der Waals surface area contributed by atoms with Gasteiger partial charge in [0.15, 0.2) is 5.96 Å². The number of nitrogens with one attached hydrogen (secondary N) is 1. The minimum absolute atomic E-state index is 0.434. The van der Waals surface area contributed by atoms with Gasteiger partial charge < -0.3 is 9.80 Å². The Kier molecular flexibility index (Phi) is 2.93. The molecule has 1 saturated heterocycles. The molecule has 0 spiro atoms. The van der Waals surface area contributed by atoms with Crippen molar-refractivity contribution < 1.29 is 0 Å². The van der Waals surface area contributed by atoms with E-state index in [1.165, 1.54) is 32.1 Å². The molecule has 0 aromatic carbocycles. The minimum Gasteiger partial charge on any atom is -0.341 e. The third-order valence-corrected chi connectivity index (χ3v) is 4.47. The second-order valence-electron chi connectivity index (χ2n) is 6.29. The van der Waals surface area contributed by atoms with Gasteiger partial charge in [-0.1, -0.05) is 31.5 Å². The summed E-state index contributed by atoms with van der Waals surface area (Å²) in [6.45, 7) is 2.38. The van der Waals surface area contributed by atoms with E-state index in [-0.39, 0.29) is 0 Å². The van der Waals surface area contributed by atoms with E-state index in [0.717, 1.165) is 0 Å². The van der Waals surface area contributed by atoms with Crippen LogP contribution in [0.4, 0.5) is 0 Å². The lowest BCUT2D eigenvalue weighted by Gasteiger charge is -2.36. The molecule has 3 unspecified atom stereocenters. The van der Waals surface area contributed by atoms with Crippen molar-refractivity contribution in [3.63, 3.8) is 0 Å². The third kappa shape index (κ3) is 1.94. The number of nitrogens with zero attached hydrogens (tertiary/aromatic N) is 2. The first-order valence-corrected chi connectivity index (χ1v) is 6.46. The average Bonchev–Trinajstić information content (AvgIpc) is 2.37. The molecule has 1 saturated carbocycles. The second-order valence-corrected chi connectivity index (χ2v) is 6.29. The van der Waals surface area contributed by atoms with Crippen molar-refractivity contribution in [2.75, 3.05) is 14.1 Å². The highest BCUT2D eigenvalue weighted by molar-refractivity contribution is 6.14. The molecule has 90 valence electrons. The van der Waals surface area contributed by atoms with Crippen LogP contribution < -0.4 is 0 Å². The fourth-order valence-corrected chi connectivity index (χ4v) is 3.36. The molecule has 16 heavy (non-hydrogen) atoms. The van der Waals surface area contributed by atoms with E-state index >= 15 is 0 Å². The molecule has 0 aromatic rings. The van der Waals surface area contributed by atoms with Crippen LogP contribution in [0.2, 0.25) is 5.31 Å². The Morgan fingerprint density at radius 2 is 1.88 bits per heavy atom. The summed E-state index contributed by atoms with van der Waals surface area (Å²) in [6, 6.07) is 1.12. The molecular formula is C12H24BN3. The quantitative estimate of drug-likeness (QED) is 0.625. The SMILES string of the molecule is BC1(C)CCCCC2C(C1)N(C)C(=N)N2C. The molecule has 3 atom stereocenters. The normalized spacial score (nSPS) is 40.6. The van der Waals surface area contributed by atoms with Gasteiger partial charge in [0.05, 0.1) is 12.1 Å². The molecule has 0 aromatic heterocycles. The Labute approximate surface area is 100 Å². The standard InChI is InChI=1S/C12H24BN3/c1-12(13)7-5-4-6-9-10(8-12)16(3)11(14)15(9)2/h9-10,14H,4-8,13H2,1-3H3. The van der Waals surface area contributed by atoms with Gasteiger partial charge in [0.1, 0.15) is 7.85 Å². The molecule has 4 heteroatoms. The number of rotatable bonds is 0. The highest BCUT2D eigenvalue weighted by Gasteiger charge is 2.42. The molecule has 1 aliphatic heterocycles. The van der Waals surface area contributed by atoms with E-state index in [2.05, 4.69) is 38.7 Å². The smallest absolute Gasteiger partial charge is 0.193 e. The van der Waals surface area contributed by atoms with Crippen molar-refractivity contribution in [2.45, 2.75) is 56.4 Å². The van der Waals surface area contributed by atoms with Gasteiger partial charge in [0.2, 0.25) is 0 Å². The first-order chi connectivity index (χ1) is 7.42. The number of likely N-dealkylation sites (N-methyl/N-ethyl adjacent to an activating group) is 2. The molecule has 0 bridgehead atoms. The van der Waals surface area contributed by atoms with Gasteiger partial charge in [-0.05, 0) is 12.8 Å². The third-order valence-electron chi connectivity index (χ3n) is 4.47. The van der Waals surface area contributed by atoms with Crippen LogP contribution in [0.3, 0.4) is 0 Å². The van der Waals surface area contributed by atoms with Gasteiger partial charge in [-0.3, -0.25) is 5.41 Å². The summed E-state index contributed by atoms with van der Waals surface area (Å²) in [4.78, 5) is 4.35. The van der Waals surface area contributed by atoms with Crippen LogP contribution in [0, 0.1) is 5.41 Å². The minimum atomic E-state index is 0.434. The van der Waals surface area contributed by atoms with Crippen LogP contribution in [-0.4, -0.2) is 49.8 Å². The van der Waals surface area contributed by atoms with Crippen molar-refractivity contribution in [3.8, 4) is 0 Å². The van der Waals surface area contributed by atoms with Crippen LogP contribution in [-0.2, 0) is 0 Å². The lowest BCUT2D eigenvalue weighted by Crippen LogP contribution is -2.39. The first-order valence-electron chi connectivity index (χ1n) is 6.46. The maximum absolute atomic E-state index is 8.08. The van der Waals surface area contributed by atoms with Gasteiger partial charge in [-0.25, -0.2) is 0 Å². The Morgan fingerprint density at radius 3 is 2.56 bits per heavy atom. The molecular weight excluding hydrogens is 197 g/mol. The molecule has 0 radical (unpaired) electrons. The zero-order chi connectivity index (χ0) is 11.9. The summed E-state index contributed by atoms with van der Waals surface area (Å²) in [5.74, 6) is 0.702. The predicted molar refractivity (Wildman–Crippen MR) is 70.8 cm³/mol. The van der Waals surface area contributed by atoms with E-state index in [0.29, 0.717) is 23.4 Å². The largest absolute Gasteiger partial charge is 0.341 e. The maximum Gasteiger partial charge on any atom is 0.193 e. The molecule has 1 heterocycles. The van der Waals surface area contributed by atoms with Crippen LogP contribution in [0.25, 0.3) is 0 Å². The molecule has 2 aliphatic rings. The van der Waals surface area contributed by atoms with E-state index in [1.807, 2.05) is 0 Å². The molecule has 0 amide bonds. The van der Waals surface area contributed by atoms with Crippen molar-refractivity contribution in [1.29, 1.82) is 5.41 Å². The predicted octanol–water partition coefficient (Wildman–Crippen LogP) is 1.31. The number of guanidine groups is 1. The molecule has 1 N–H and O–H groups in total. The lowest BCUT2D eigenvalue weighted by atomic mass is 9.62. The van der Waals surface area contributed by atoms with Gasteiger partial charge in [0.25, 0.3) is 0 Å². The highest BCUT2D eigenvalue weighted by atomic mass is 15.4. The molecule has 3 nitrogen and oxygen atoms in total. The van der Waals surface area contributed by atoms with Crippen LogP contribution in [0.15, 0.2) is 0 Å². The van der Waals surface area contributed by atoms with Crippen LogP contribution in [0.5, 0.6) is 0 Å². The highest BCUT2D eigenvalue weighted by Crippen LogP contribution is 2.41. The molecule has 2 fully saturated rings. The topological polar surface area (TPSA) is 30.3 Å². The van der Waals surface area contributed by atoms with E-state index in [9.17, 15) is 0 Å². The van der Waals surface area contributed by atoms with Crippen molar-refractivity contribution in [1.82, 2.24) is 9.80 Å². The Balaban J connectivity index is 2.21. The van der Waals surface area contributed by atoms with E-state index in [4.69, 9.17) is 5.41 Å². The Hall–Kier alpha value is -0.665. The molecule has 1 aliphatic carbocycles. The van der Waals surface area contributed by atoms with Crippen LogP contribution >= 0.6 is 0 Å². The first kappa shape index (κ1) is 11.8. The van der Waals surface area contributed by atoms with Crippen LogP contribution in [0.1, 0.15) is 39.0 Å². The fourth-order valence-electron chi connectivity index (χ4n) is 3.36. The summed E-state index contributed by atoms with van der Waals surface area (Å²) < 4.78 is 0. The summed E-state index contributed by atoms with van der Waals surface area (Å²) in [5.41, 5.74) is 0. The van der Waals surface area contributed by atoms with Gasteiger partial charge >= 0.3 is 0 Å². The summed E-state index contributed by atoms with van der Waals surface area (Å²) in [7, 11) is 6.55. The van der Waals surface area contributed by atoms with Gasteiger partial charge in [0, 0.05) is 14.1 Å². The number of fused-ring (bicyclic) bond motifs is 1. The lowest BCUT2D eigenvalue weighted by molar-refractivity contribution is 0.229. The van der Waals surface area contributed by atoms with Gasteiger partial charge in [-0.2, -0.15) is 0 Å². The zero-order valence-corrected chi connectivity index (χ0v) is 11.1. The fraction of sp³-hybridized carbons (Fsp3) is 0.917. The number of hydrogen-bond acceptors (Lipinski definition) is 1. The summed E-state index contributed by atoms with van der Waals surface area (Å²) in [5, 5.41) is 8.51. The van der Waals surface area contributed by atoms with E-state index in [1.54, 1.807) is 0 Å². The number of hydrogen-bond donors (Lipinski definition) is 1. The maximum atomic E-state index is 8.08.